The summed E-state index contributed by atoms with van der Waals surface area (Å²) in [7, 11) is 0. The maximum atomic E-state index is 12.8. The first-order valence-corrected chi connectivity index (χ1v) is 11.5. The summed E-state index contributed by atoms with van der Waals surface area (Å²) in [5.74, 6) is -0.0674. The molecule has 4 N–H and O–H groups in total. The molecule has 0 aliphatic carbocycles. The van der Waals surface area contributed by atoms with Gasteiger partial charge in [-0.25, -0.2) is 4.98 Å². The molecule has 1 fully saturated rings. The molecule has 0 spiro atoms. The minimum absolute atomic E-state index is 0.0953. The molecule has 7 nitrogen and oxygen atoms in total. The van der Waals surface area contributed by atoms with Gasteiger partial charge in [-0.05, 0) is 35.6 Å². The Balaban J connectivity index is 1.60. The number of amides is 1. The van der Waals surface area contributed by atoms with Gasteiger partial charge in [-0.3, -0.25) is 4.79 Å². The van der Waals surface area contributed by atoms with Gasteiger partial charge >= 0.3 is 6.18 Å². The number of nitrogens with one attached hydrogen (secondary N) is 1. The fraction of sp³-hybridized carbons (Fsp3) is 0.269. The SMILES string of the molecule is NC(=O)c1cnc(N2CCC[C@H](C=O)C2)c2c1[nH]c1cc(-c3ccc(C(O)C(F)(F)F)cc3)ccc12. The quantitative estimate of drug-likeness (QED) is 0.353. The number of aliphatic hydroxyl groups excluding tert-OH is 1. The van der Waals surface area contributed by atoms with Crippen molar-refractivity contribution < 1.29 is 27.9 Å². The van der Waals surface area contributed by atoms with Crippen LogP contribution < -0.4 is 10.6 Å². The van der Waals surface area contributed by atoms with Gasteiger partial charge in [-0.15, -0.1) is 0 Å². The van der Waals surface area contributed by atoms with Gasteiger partial charge in [-0.1, -0.05) is 36.4 Å². The van der Waals surface area contributed by atoms with Crippen LogP contribution in [0.2, 0.25) is 0 Å². The number of hydrogen-bond donors (Lipinski definition) is 3. The summed E-state index contributed by atoms with van der Waals surface area (Å²) < 4.78 is 38.5. The highest BCUT2D eigenvalue weighted by Crippen LogP contribution is 2.38. The number of halogens is 3. The summed E-state index contributed by atoms with van der Waals surface area (Å²) in [6.45, 7) is 1.26. The first-order chi connectivity index (χ1) is 17.2. The van der Waals surface area contributed by atoms with Crippen LogP contribution in [0.1, 0.15) is 34.9 Å². The Morgan fingerprint density at radius 2 is 1.92 bits per heavy atom. The Kier molecular flexibility index (Phi) is 5.91. The number of anilines is 1. The number of fused-ring (bicyclic) bond motifs is 3. The van der Waals surface area contributed by atoms with E-state index in [9.17, 15) is 27.9 Å². The van der Waals surface area contributed by atoms with Crippen molar-refractivity contribution in [1.29, 1.82) is 0 Å². The van der Waals surface area contributed by atoms with E-state index in [1.807, 2.05) is 23.1 Å². The number of rotatable bonds is 5. The lowest BCUT2D eigenvalue weighted by Crippen LogP contribution is -2.36. The summed E-state index contributed by atoms with van der Waals surface area (Å²) in [5.41, 5.74) is 8.23. The number of aromatic nitrogens is 2. The van der Waals surface area contributed by atoms with Crippen LogP contribution in [0.4, 0.5) is 19.0 Å². The highest BCUT2D eigenvalue weighted by atomic mass is 19.4. The van der Waals surface area contributed by atoms with Gasteiger partial charge in [0.1, 0.15) is 12.1 Å². The first-order valence-electron chi connectivity index (χ1n) is 11.5. The number of pyridine rings is 1. The number of benzene rings is 2. The minimum Gasteiger partial charge on any atom is -0.379 e. The van der Waals surface area contributed by atoms with Crippen LogP contribution in [-0.2, 0) is 4.79 Å². The molecule has 3 heterocycles. The molecule has 1 aliphatic heterocycles. The Hall–Kier alpha value is -3.92. The molecular weight excluding hydrogens is 473 g/mol. The van der Waals surface area contributed by atoms with E-state index in [-0.39, 0.29) is 17.0 Å². The monoisotopic (exact) mass is 496 g/mol. The van der Waals surface area contributed by atoms with Gasteiger partial charge in [0.05, 0.1) is 16.5 Å². The van der Waals surface area contributed by atoms with E-state index in [1.54, 1.807) is 0 Å². The molecule has 1 amide bonds. The third-order valence-corrected chi connectivity index (χ3v) is 6.69. The average Bonchev–Trinajstić information content (AvgIpc) is 3.26. The lowest BCUT2D eigenvalue weighted by molar-refractivity contribution is -0.206. The summed E-state index contributed by atoms with van der Waals surface area (Å²) in [4.78, 5) is 33.4. The molecule has 36 heavy (non-hydrogen) atoms. The molecular formula is C26H23F3N4O3. The van der Waals surface area contributed by atoms with Crippen LogP contribution in [0, 0.1) is 5.92 Å². The van der Waals surface area contributed by atoms with E-state index in [2.05, 4.69) is 9.97 Å². The lowest BCUT2D eigenvalue weighted by atomic mass is 9.98. The van der Waals surface area contributed by atoms with Crippen LogP contribution in [-0.4, -0.2) is 46.5 Å². The molecule has 1 saturated heterocycles. The second-order valence-corrected chi connectivity index (χ2v) is 9.05. The van der Waals surface area contributed by atoms with Gasteiger partial charge < -0.3 is 25.5 Å². The predicted molar refractivity (Wildman–Crippen MR) is 130 cm³/mol. The van der Waals surface area contributed by atoms with E-state index in [1.165, 1.54) is 30.5 Å². The number of piperidine rings is 1. The van der Waals surface area contributed by atoms with Gasteiger partial charge in [0.25, 0.3) is 5.91 Å². The molecule has 5 rings (SSSR count). The number of nitrogens with zero attached hydrogens (tertiary/aromatic N) is 2. The fourth-order valence-electron chi connectivity index (χ4n) is 4.85. The van der Waals surface area contributed by atoms with E-state index in [4.69, 9.17) is 5.73 Å². The lowest BCUT2D eigenvalue weighted by Gasteiger charge is -2.31. The average molecular weight is 496 g/mol. The van der Waals surface area contributed by atoms with Crippen LogP contribution in [0.3, 0.4) is 0 Å². The number of nitrogens with two attached hydrogens (primary N) is 1. The summed E-state index contributed by atoms with van der Waals surface area (Å²) >= 11 is 0. The smallest absolute Gasteiger partial charge is 0.379 e. The Bertz CT molecular complexity index is 1460. The van der Waals surface area contributed by atoms with Crippen molar-refractivity contribution in [2.45, 2.75) is 25.1 Å². The second kappa shape index (κ2) is 8.94. The number of aldehydes is 1. The maximum Gasteiger partial charge on any atom is 0.418 e. The molecule has 0 saturated carbocycles. The van der Waals surface area contributed by atoms with Crippen LogP contribution >= 0.6 is 0 Å². The largest absolute Gasteiger partial charge is 0.418 e. The number of alkyl halides is 3. The molecule has 4 aromatic rings. The van der Waals surface area contributed by atoms with Crippen LogP contribution in [0.5, 0.6) is 0 Å². The van der Waals surface area contributed by atoms with Crippen molar-refractivity contribution in [1.82, 2.24) is 9.97 Å². The summed E-state index contributed by atoms with van der Waals surface area (Å²) in [6, 6.07) is 11.1. The number of H-pyrrole nitrogens is 1. The van der Waals surface area contributed by atoms with Crippen molar-refractivity contribution in [2.24, 2.45) is 11.7 Å². The fourth-order valence-corrected chi connectivity index (χ4v) is 4.85. The Morgan fingerprint density at radius 3 is 2.58 bits per heavy atom. The molecule has 0 bridgehead atoms. The van der Waals surface area contributed by atoms with Crippen LogP contribution in [0.15, 0.2) is 48.7 Å². The Morgan fingerprint density at radius 1 is 1.19 bits per heavy atom. The number of carbonyl (C=O) groups excluding carboxylic acids is 2. The second-order valence-electron chi connectivity index (χ2n) is 9.05. The number of aliphatic hydroxyl groups is 1. The highest BCUT2D eigenvalue weighted by molar-refractivity contribution is 6.18. The third-order valence-electron chi connectivity index (χ3n) is 6.69. The molecule has 2 aromatic heterocycles. The normalized spacial score (nSPS) is 17.4. The van der Waals surface area contributed by atoms with E-state index < -0.39 is 18.2 Å². The summed E-state index contributed by atoms with van der Waals surface area (Å²) in [6.07, 6.45) is -3.23. The zero-order valence-electron chi connectivity index (χ0n) is 19.0. The zero-order chi connectivity index (χ0) is 25.6. The Labute approximate surface area is 203 Å². The molecule has 2 atom stereocenters. The highest BCUT2D eigenvalue weighted by Gasteiger charge is 2.39. The van der Waals surface area contributed by atoms with Crippen molar-refractivity contribution in [3.63, 3.8) is 0 Å². The molecule has 186 valence electrons. The number of carbonyl (C=O) groups is 2. The standard InChI is InChI=1S/C26H23F3N4O3/c27-26(28,29)23(35)16-5-3-15(4-6-16)17-7-8-18-20(10-17)32-22-19(24(30)36)11-31-25(21(18)22)33-9-1-2-14(12-33)13-34/h3-8,10-11,13-14,23,32,35H,1-2,9,12H2,(H2,30,36)/t14-,23?/m0/s1. The van der Waals surface area contributed by atoms with E-state index >= 15 is 0 Å². The van der Waals surface area contributed by atoms with Crippen molar-refractivity contribution in [2.75, 3.05) is 18.0 Å². The molecule has 2 aromatic carbocycles. The third kappa shape index (κ3) is 4.17. The maximum absolute atomic E-state index is 12.8. The zero-order valence-corrected chi connectivity index (χ0v) is 19.0. The van der Waals surface area contributed by atoms with E-state index in [0.717, 1.165) is 42.0 Å². The number of aromatic amines is 1. The minimum atomic E-state index is -4.74. The van der Waals surface area contributed by atoms with Gasteiger partial charge in [0.2, 0.25) is 0 Å². The van der Waals surface area contributed by atoms with Gasteiger partial charge in [0.15, 0.2) is 6.10 Å². The first kappa shape index (κ1) is 23.8. The van der Waals surface area contributed by atoms with Crippen molar-refractivity contribution in [3.8, 4) is 11.1 Å². The molecule has 1 unspecified atom stereocenters. The van der Waals surface area contributed by atoms with Crippen molar-refractivity contribution in [3.05, 3.63) is 59.8 Å². The molecule has 0 radical (unpaired) electrons. The topological polar surface area (TPSA) is 112 Å². The van der Waals surface area contributed by atoms with Crippen LogP contribution in [0.25, 0.3) is 32.9 Å². The number of hydrogen-bond acceptors (Lipinski definition) is 5. The number of primary amides is 1. The van der Waals surface area contributed by atoms with Gasteiger partial charge in [-0.2, -0.15) is 13.2 Å². The summed E-state index contributed by atoms with van der Waals surface area (Å²) in [5, 5.41) is 11.0. The van der Waals surface area contributed by atoms with E-state index in [0.29, 0.717) is 29.0 Å². The predicted octanol–water partition coefficient (Wildman–Crippen LogP) is 4.49. The van der Waals surface area contributed by atoms with Gasteiger partial charge in [0, 0.05) is 36.1 Å². The van der Waals surface area contributed by atoms with Crippen molar-refractivity contribution >= 4 is 39.8 Å². The molecule has 10 heteroatoms. The molecule has 1 aliphatic rings.